The van der Waals surface area contributed by atoms with Crippen LogP contribution in [0.15, 0.2) is 17.7 Å². The van der Waals surface area contributed by atoms with E-state index in [2.05, 4.69) is 19.9 Å². The molecule has 6 heteroatoms. The van der Waals surface area contributed by atoms with Crippen LogP contribution < -0.4 is 0 Å². The van der Waals surface area contributed by atoms with E-state index in [9.17, 15) is 4.79 Å². The van der Waals surface area contributed by atoms with Crippen LogP contribution in [0.3, 0.4) is 0 Å². The molecule has 1 fully saturated rings. The molecule has 17 heavy (non-hydrogen) atoms. The Balaban J connectivity index is 1.84. The highest BCUT2D eigenvalue weighted by Crippen LogP contribution is 2.33. The molecule has 0 amide bonds. The first kappa shape index (κ1) is 10.7. The van der Waals surface area contributed by atoms with Crippen molar-refractivity contribution >= 4 is 28.7 Å². The largest absolute Gasteiger partial charge is 0.341 e. The molecule has 1 N–H and O–H groups in total. The van der Waals surface area contributed by atoms with Crippen LogP contribution in [0, 0.1) is 0 Å². The van der Waals surface area contributed by atoms with E-state index in [1.165, 1.54) is 6.33 Å². The molecule has 1 atom stereocenters. The Morgan fingerprint density at radius 3 is 3.18 bits per heavy atom. The van der Waals surface area contributed by atoms with Gasteiger partial charge in [-0.15, -0.1) is 11.8 Å². The number of Topliss-reactive ketones (excluding diaryl/α,β-unsaturated/α-hetero) is 1. The number of rotatable bonds is 2. The summed E-state index contributed by atoms with van der Waals surface area (Å²) >= 11 is 1.66. The van der Waals surface area contributed by atoms with Gasteiger partial charge in [-0.05, 0) is 12.8 Å². The number of hydrogen-bond acceptors (Lipinski definition) is 5. The fourth-order valence-corrected chi connectivity index (χ4v) is 3.32. The Hall–Kier alpha value is -1.43. The van der Waals surface area contributed by atoms with Gasteiger partial charge in [-0.25, -0.2) is 15.0 Å². The van der Waals surface area contributed by atoms with Gasteiger partial charge in [0.25, 0.3) is 0 Å². The topological polar surface area (TPSA) is 71.5 Å². The van der Waals surface area contributed by atoms with E-state index < -0.39 is 0 Å². The number of H-pyrrole nitrogens is 1. The van der Waals surface area contributed by atoms with Gasteiger partial charge in [-0.2, -0.15) is 0 Å². The van der Waals surface area contributed by atoms with Gasteiger partial charge in [0.15, 0.2) is 5.65 Å². The zero-order valence-electron chi connectivity index (χ0n) is 9.22. The zero-order valence-corrected chi connectivity index (χ0v) is 10.0. The Bertz CT molecular complexity index is 553. The predicted octanol–water partition coefficient (Wildman–Crippen LogP) is 1.96. The summed E-state index contributed by atoms with van der Waals surface area (Å²) in [5.74, 6) is 0.365. The third-order valence-electron chi connectivity index (χ3n) is 2.90. The van der Waals surface area contributed by atoms with Gasteiger partial charge in [-0.3, -0.25) is 4.79 Å². The van der Waals surface area contributed by atoms with Crippen LogP contribution in [0.4, 0.5) is 0 Å². The lowest BCUT2D eigenvalue weighted by Gasteiger charge is -2.19. The van der Waals surface area contributed by atoms with Gasteiger partial charge in [0, 0.05) is 18.1 Å². The second kappa shape index (κ2) is 4.44. The molecule has 0 bridgehead atoms. The first-order chi connectivity index (χ1) is 8.33. The number of fused-ring (bicyclic) bond motifs is 1. The van der Waals surface area contributed by atoms with Crippen LogP contribution in [0.5, 0.6) is 0 Å². The van der Waals surface area contributed by atoms with Crippen molar-refractivity contribution in [2.24, 2.45) is 0 Å². The van der Waals surface area contributed by atoms with Crippen LogP contribution >= 0.6 is 11.8 Å². The van der Waals surface area contributed by atoms with Crippen molar-refractivity contribution in [1.29, 1.82) is 0 Å². The molecule has 5 nitrogen and oxygen atoms in total. The number of ketones is 1. The molecule has 0 saturated heterocycles. The molecule has 1 unspecified atom stereocenters. The number of carbonyl (C=O) groups excluding carboxylic acids is 1. The Morgan fingerprint density at radius 1 is 1.35 bits per heavy atom. The fraction of sp³-hybridized carbons (Fsp3) is 0.455. The summed E-state index contributed by atoms with van der Waals surface area (Å²) in [5, 5.41) is 1.24. The van der Waals surface area contributed by atoms with Gasteiger partial charge in [-0.1, -0.05) is 0 Å². The third-order valence-corrected chi connectivity index (χ3v) is 4.17. The number of carbonyl (C=O) groups is 1. The minimum absolute atomic E-state index is 0.345. The van der Waals surface area contributed by atoms with E-state index in [0.717, 1.165) is 29.8 Å². The van der Waals surface area contributed by atoms with Crippen molar-refractivity contribution in [3.8, 4) is 0 Å². The maximum absolute atomic E-state index is 11.4. The smallest absolute Gasteiger partial charge is 0.181 e. The molecular formula is C11H12N4OS. The van der Waals surface area contributed by atoms with Gasteiger partial charge < -0.3 is 4.98 Å². The van der Waals surface area contributed by atoms with E-state index in [0.29, 0.717) is 23.1 Å². The van der Waals surface area contributed by atoms with Crippen molar-refractivity contribution < 1.29 is 4.79 Å². The van der Waals surface area contributed by atoms with Gasteiger partial charge >= 0.3 is 0 Å². The number of nitrogens with zero attached hydrogens (tertiary/aromatic N) is 3. The van der Waals surface area contributed by atoms with Crippen LogP contribution in [-0.4, -0.2) is 31.0 Å². The van der Waals surface area contributed by atoms with E-state index in [-0.39, 0.29) is 0 Å². The molecule has 0 aromatic carbocycles. The summed E-state index contributed by atoms with van der Waals surface area (Å²) in [6.07, 6.45) is 6.61. The monoisotopic (exact) mass is 248 g/mol. The second-order valence-corrected chi connectivity index (χ2v) is 5.44. The summed E-state index contributed by atoms with van der Waals surface area (Å²) in [6, 6.07) is 0. The van der Waals surface area contributed by atoms with Gasteiger partial charge in [0.05, 0.1) is 6.33 Å². The zero-order chi connectivity index (χ0) is 11.7. The highest BCUT2D eigenvalue weighted by Gasteiger charge is 2.22. The second-order valence-electron chi connectivity index (χ2n) is 4.15. The Morgan fingerprint density at radius 2 is 2.29 bits per heavy atom. The SMILES string of the molecule is O=C1CCCC(Sc2ncnc3nc[nH]c23)C1. The molecule has 0 aliphatic heterocycles. The van der Waals surface area contributed by atoms with Crippen LogP contribution in [0.2, 0.25) is 0 Å². The van der Waals surface area contributed by atoms with E-state index >= 15 is 0 Å². The Kier molecular flexibility index (Phi) is 2.80. The van der Waals surface area contributed by atoms with Crippen LogP contribution in [0.1, 0.15) is 25.7 Å². The molecule has 2 aromatic heterocycles. The maximum atomic E-state index is 11.4. The highest BCUT2D eigenvalue weighted by molar-refractivity contribution is 8.00. The molecule has 3 rings (SSSR count). The lowest BCUT2D eigenvalue weighted by Crippen LogP contribution is -2.16. The fourth-order valence-electron chi connectivity index (χ4n) is 2.08. The van der Waals surface area contributed by atoms with Gasteiger partial charge in [0.1, 0.15) is 22.7 Å². The van der Waals surface area contributed by atoms with E-state index in [1.807, 2.05) is 0 Å². The molecule has 0 radical (unpaired) electrons. The van der Waals surface area contributed by atoms with Crippen LogP contribution in [-0.2, 0) is 4.79 Å². The lowest BCUT2D eigenvalue weighted by atomic mass is 9.99. The molecule has 88 valence electrons. The quantitative estimate of drug-likeness (QED) is 0.822. The summed E-state index contributed by atoms with van der Waals surface area (Å²) < 4.78 is 0. The minimum Gasteiger partial charge on any atom is -0.341 e. The molecule has 2 aromatic rings. The third kappa shape index (κ3) is 2.17. The molecular weight excluding hydrogens is 236 g/mol. The number of aromatic amines is 1. The summed E-state index contributed by atoms with van der Waals surface area (Å²) in [4.78, 5) is 26.9. The number of nitrogens with one attached hydrogen (secondary N) is 1. The standard InChI is InChI=1S/C11H12N4OS/c16-7-2-1-3-8(4-7)17-11-9-10(13-5-12-9)14-6-15-11/h5-6,8H,1-4H2,(H,12,13,14,15). The molecule has 0 spiro atoms. The Labute approximate surface area is 102 Å². The van der Waals surface area contributed by atoms with Crippen molar-refractivity contribution in [3.63, 3.8) is 0 Å². The molecule has 1 aliphatic carbocycles. The first-order valence-corrected chi connectivity index (χ1v) is 6.53. The molecule has 1 saturated carbocycles. The lowest BCUT2D eigenvalue weighted by molar-refractivity contribution is -0.120. The highest BCUT2D eigenvalue weighted by atomic mass is 32.2. The van der Waals surface area contributed by atoms with Gasteiger partial charge in [0.2, 0.25) is 0 Å². The summed E-state index contributed by atoms with van der Waals surface area (Å²) in [5.41, 5.74) is 1.56. The maximum Gasteiger partial charge on any atom is 0.181 e. The van der Waals surface area contributed by atoms with E-state index in [4.69, 9.17) is 0 Å². The normalized spacial score (nSPS) is 20.9. The van der Waals surface area contributed by atoms with Crippen molar-refractivity contribution in [3.05, 3.63) is 12.7 Å². The van der Waals surface area contributed by atoms with E-state index in [1.54, 1.807) is 18.1 Å². The van der Waals surface area contributed by atoms with Crippen molar-refractivity contribution in [1.82, 2.24) is 19.9 Å². The number of hydrogen-bond donors (Lipinski definition) is 1. The average Bonchev–Trinajstić information content (AvgIpc) is 2.78. The summed E-state index contributed by atoms with van der Waals surface area (Å²) in [7, 11) is 0. The first-order valence-electron chi connectivity index (χ1n) is 5.65. The van der Waals surface area contributed by atoms with Crippen molar-refractivity contribution in [2.45, 2.75) is 36.0 Å². The summed E-state index contributed by atoms with van der Waals surface area (Å²) in [6.45, 7) is 0. The van der Waals surface area contributed by atoms with Crippen LogP contribution in [0.25, 0.3) is 11.2 Å². The average molecular weight is 248 g/mol. The number of imidazole rings is 1. The minimum atomic E-state index is 0.345. The number of thioether (sulfide) groups is 1. The predicted molar refractivity (Wildman–Crippen MR) is 64.8 cm³/mol. The van der Waals surface area contributed by atoms with Crippen molar-refractivity contribution in [2.75, 3.05) is 0 Å². The molecule has 2 heterocycles. The molecule has 1 aliphatic rings. The number of aromatic nitrogens is 4.